The molecular formula is C18H29N3O. The number of nitrogens with zero attached hydrogens (tertiary/aromatic N) is 2. The molecule has 1 aromatic heterocycles. The Morgan fingerprint density at radius 2 is 2.09 bits per heavy atom. The molecule has 3 rings (SSSR count). The summed E-state index contributed by atoms with van der Waals surface area (Å²) in [5.74, 6) is 1.65. The summed E-state index contributed by atoms with van der Waals surface area (Å²) in [5, 5.41) is 3.44. The second kappa shape index (κ2) is 7.93. The molecule has 0 aromatic carbocycles. The first-order chi connectivity index (χ1) is 10.9. The summed E-state index contributed by atoms with van der Waals surface area (Å²) < 4.78 is 6.41. The molecule has 122 valence electrons. The average molecular weight is 303 g/mol. The van der Waals surface area contributed by atoms with Crippen LogP contribution in [0.2, 0.25) is 0 Å². The molecule has 22 heavy (non-hydrogen) atoms. The number of hydrogen-bond donors (Lipinski definition) is 1. The summed E-state index contributed by atoms with van der Waals surface area (Å²) in [6.07, 6.45) is 10.3. The molecule has 0 saturated carbocycles. The highest BCUT2D eigenvalue weighted by Gasteiger charge is 2.22. The normalized spacial score (nSPS) is 21.9. The van der Waals surface area contributed by atoms with Gasteiger partial charge in [-0.1, -0.05) is 6.92 Å². The molecule has 2 fully saturated rings. The van der Waals surface area contributed by atoms with Gasteiger partial charge in [-0.05, 0) is 70.3 Å². The van der Waals surface area contributed by atoms with Crippen LogP contribution in [0, 0.1) is 0 Å². The van der Waals surface area contributed by atoms with Crippen LogP contribution in [0.1, 0.15) is 50.5 Å². The monoisotopic (exact) mass is 303 g/mol. The Bertz CT molecular complexity index is 453. The molecule has 0 amide bonds. The smallest absolute Gasteiger partial charge is 0.126 e. The predicted molar refractivity (Wildman–Crippen MR) is 89.5 cm³/mol. The maximum atomic E-state index is 6.41. The first kappa shape index (κ1) is 15.8. The lowest BCUT2D eigenvalue weighted by Crippen LogP contribution is -2.34. The van der Waals surface area contributed by atoms with Crippen LogP contribution in [0.5, 0.6) is 5.75 Å². The lowest BCUT2D eigenvalue weighted by Gasteiger charge is -2.28. The van der Waals surface area contributed by atoms with Crippen molar-refractivity contribution in [2.45, 2.75) is 51.0 Å². The van der Waals surface area contributed by atoms with E-state index in [0.717, 1.165) is 31.8 Å². The summed E-state index contributed by atoms with van der Waals surface area (Å²) in [6.45, 7) is 7.96. The Balaban J connectivity index is 1.67. The molecule has 1 aromatic rings. The summed E-state index contributed by atoms with van der Waals surface area (Å²) in [6, 6.07) is 2.06. The highest BCUT2D eigenvalue weighted by molar-refractivity contribution is 5.34. The number of pyridine rings is 1. The molecule has 0 spiro atoms. The first-order valence-electron chi connectivity index (χ1n) is 8.90. The van der Waals surface area contributed by atoms with Crippen molar-refractivity contribution in [2.75, 3.05) is 32.7 Å². The fourth-order valence-electron chi connectivity index (χ4n) is 3.62. The van der Waals surface area contributed by atoms with Gasteiger partial charge in [-0.2, -0.15) is 0 Å². The van der Waals surface area contributed by atoms with E-state index in [1.54, 1.807) is 0 Å². The Morgan fingerprint density at radius 1 is 1.32 bits per heavy atom. The van der Waals surface area contributed by atoms with E-state index in [1.165, 1.54) is 44.3 Å². The van der Waals surface area contributed by atoms with Gasteiger partial charge in [0.15, 0.2) is 0 Å². The summed E-state index contributed by atoms with van der Waals surface area (Å²) in [7, 11) is 0. The lowest BCUT2D eigenvalue weighted by molar-refractivity contribution is 0.141. The van der Waals surface area contributed by atoms with Gasteiger partial charge in [-0.15, -0.1) is 0 Å². The van der Waals surface area contributed by atoms with Gasteiger partial charge in [-0.3, -0.25) is 9.88 Å². The fourth-order valence-corrected chi connectivity index (χ4v) is 3.62. The molecule has 3 heterocycles. The van der Waals surface area contributed by atoms with Gasteiger partial charge in [0.2, 0.25) is 0 Å². The zero-order chi connectivity index (χ0) is 15.2. The van der Waals surface area contributed by atoms with Crippen molar-refractivity contribution in [1.82, 2.24) is 15.2 Å². The van der Waals surface area contributed by atoms with Crippen molar-refractivity contribution in [1.29, 1.82) is 0 Å². The van der Waals surface area contributed by atoms with Gasteiger partial charge in [0.1, 0.15) is 11.9 Å². The van der Waals surface area contributed by atoms with Crippen LogP contribution in [0.15, 0.2) is 18.5 Å². The van der Waals surface area contributed by atoms with Crippen molar-refractivity contribution in [3.8, 4) is 5.75 Å². The molecule has 1 atom stereocenters. The van der Waals surface area contributed by atoms with E-state index in [0.29, 0.717) is 12.0 Å². The minimum Gasteiger partial charge on any atom is -0.489 e. The molecule has 0 unspecified atom stereocenters. The standard InChI is InChI=1S/C18H29N3O/c1-2-16(14-21-11-3-4-12-21)22-18-7-10-20-13-17(18)15-5-8-19-9-6-15/h7,10,13,15-16,19H,2-6,8-9,11-12,14H2,1H3/t16-/m0/s1. The van der Waals surface area contributed by atoms with Crippen LogP contribution in [0.3, 0.4) is 0 Å². The number of ether oxygens (including phenoxy) is 1. The molecule has 4 heteroatoms. The van der Waals surface area contributed by atoms with E-state index in [1.807, 2.05) is 12.4 Å². The van der Waals surface area contributed by atoms with E-state index >= 15 is 0 Å². The molecule has 4 nitrogen and oxygen atoms in total. The highest BCUT2D eigenvalue weighted by atomic mass is 16.5. The van der Waals surface area contributed by atoms with E-state index in [4.69, 9.17) is 4.74 Å². The average Bonchev–Trinajstić information content (AvgIpc) is 3.08. The highest BCUT2D eigenvalue weighted by Crippen LogP contribution is 2.32. The third-order valence-corrected chi connectivity index (χ3v) is 5.00. The largest absolute Gasteiger partial charge is 0.489 e. The van der Waals surface area contributed by atoms with Crippen LogP contribution < -0.4 is 10.1 Å². The van der Waals surface area contributed by atoms with Gasteiger partial charge < -0.3 is 10.1 Å². The van der Waals surface area contributed by atoms with E-state index < -0.39 is 0 Å². The first-order valence-corrected chi connectivity index (χ1v) is 8.90. The number of aromatic nitrogens is 1. The lowest BCUT2D eigenvalue weighted by atomic mass is 9.91. The predicted octanol–water partition coefficient (Wildman–Crippen LogP) is 2.80. The zero-order valence-electron chi connectivity index (χ0n) is 13.8. The third-order valence-electron chi connectivity index (χ3n) is 5.00. The zero-order valence-corrected chi connectivity index (χ0v) is 13.8. The molecule has 2 aliphatic rings. The number of hydrogen-bond acceptors (Lipinski definition) is 4. The van der Waals surface area contributed by atoms with E-state index in [-0.39, 0.29) is 0 Å². The maximum absolute atomic E-state index is 6.41. The number of piperidine rings is 1. The molecule has 0 bridgehead atoms. The van der Waals surface area contributed by atoms with Crippen molar-refractivity contribution >= 4 is 0 Å². The van der Waals surface area contributed by atoms with Crippen LogP contribution in [-0.4, -0.2) is 48.7 Å². The van der Waals surface area contributed by atoms with Gasteiger partial charge in [-0.25, -0.2) is 0 Å². The van der Waals surface area contributed by atoms with Crippen molar-refractivity contribution in [2.24, 2.45) is 0 Å². The summed E-state index contributed by atoms with van der Waals surface area (Å²) in [4.78, 5) is 6.89. The molecule has 2 aliphatic heterocycles. The maximum Gasteiger partial charge on any atom is 0.126 e. The second-order valence-corrected chi connectivity index (χ2v) is 6.59. The van der Waals surface area contributed by atoms with Crippen LogP contribution >= 0.6 is 0 Å². The topological polar surface area (TPSA) is 37.4 Å². The third kappa shape index (κ3) is 3.99. The molecule has 2 saturated heterocycles. The molecular weight excluding hydrogens is 274 g/mol. The van der Waals surface area contributed by atoms with Gasteiger partial charge in [0.05, 0.1) is 0 Å². The Morgan fingerprint density at radius 3 is 2.82 bits per heavy atom. The molecule has 0 aliphatic carbocycles. The van der Waals surface area contributed by atoms with Crippen LogP contribution in [0.4, 0.5) is 0 Å². The minimum atomic E-state index is 0.293. The van der Waals surface area contributed by atoms with E-state index in [9.17, 15) is 0 Å². The summed E-state index contributed by atoms with van der Waals surface area (Å²) >= 11 is 0. The quantitative estimate of drug-likeness (QED) is 0.877. The number of rotatable bonds is 6. The SMILES string of the molecule is CC[C@@H](CN1CCCC1)Oc1ccncc1C1CCNCC1. The fraction of sp³-hybridized carbons (Fsp3) is 0.722. The second-order valence-electron chi connectivity index (χ2n) is 6.59. The van der Waals surface area contributed by atoms with Gasteiger partial charge in [0, 0.05) is 24.5 Å². The molecule has 1 N–H and O–H groups in total. The minimum absolute atomic E-state index is 0.293. The van der Waals surface area contributed by atoms with E-state index in [2.05, 4.69) is 28.2 Å². The van der Waals surface area contributed by atoms with Crippen molar-refractivity contribution in [3.05, 3.63) is 24.0 Å². The number of likely N-dealkylation sites (tertiary alicyclic amines) is 1. The Hall–Kier alpha value is -1.13. The van der Waals surface area contributed by atoms with Crippen LogP contribution in [-0.2, 0) is 0 Å². The van der Waals surface area contributed by atoms with Crippen LogP contribution in [0.25, 0.3) is 0 Å². The number of nitrogens with one attached hydrogen (secondary N) is 1. The van der Waals surface area contributed by atoms with Gasteiger partial charge in [0.25, 0.3) is 0 Å². The van der Waals surface area contributed by atoms with Crippen molar-refractivity contribution in [3.63, 3.8) is 0 Å². The molecule has 0 radical (unpaired) electrons. The van der Waals surface area contributed by atoms with Crippen molar-refractivity contribution < 1.29 is 4.74 Å². The summed E-state index contributed by atoms with van der Waals surface area (Å²) in [5.41, 5.74) is 1.31. The Labute approximate surface area is 134 Å². The Kier molecular flexibility index (Phi) is 5.68. The van der Waals surface area contributed by atoms with Gasteiger partial charge >= 0.3 is 0 Å².